The number of ether oxygens (including phenoxy) is 1. The third kappa shape index (κ3) is 7.18. The highest BCUT2D eigenvalue weighted by Crippen LogP contribution is 2.42. The van der Waals surface area contributed by atoms with Crippen LogP contribution in [0.1, 0.15) is 70.0 Å². The molecule has 1 atom stereocenters. The summed E-state index contributed by atoms with van der Waals surface area (Å²) in [4.78, 5) is 41.2. The van der Waals surface area contributed by atoms with Crippen LogP contribution in [0.3, 0.4) is 0 Å². The topological polar surface area (TPSA) is 133 Å². The summed E-state index contributed by atoms with van der Waals surface area (Å²) in [5.74, 6) is -2.02. The third-order valence-electron chi connectivity index (χ3n) is 7.00. The second kappa shape index (κ2) is 14.5. The van der Waals surface area contributed by atoms with Crippen LogP contribution < -0.4 is 4.74 Å². The van der Waals surface area contributed by atoms with E-state index in [-0.39, 0.29) is 41.5 Å². The smallest absolute Gasteiger partial charge is 0.295 e. The van der Waals surface area contributed by atoms with E-state index < -0.39 is 28.4 Å². The quantitative estimate of drug-likeness (QED) is 0.0983. The lowest BCUT2D eigenvalue weighted by Gasteiger charge is -2.28. The zero-order valence-electron chi connectivity index (χ0n) is 23.5. The summed E-state index contributed by atoms with van der Waals surface area (Å²) in [7, 11) is 0. The number of aromatic hydroxyl groups is 1. The first-order chi connectivity index (χ1) is 19.2. The number of aliphatic hydroxyl groups excluding tert-OH is 1. The van der Waals surface area contributed by atoms with Crippen molar-refractivity contribution in [2.75, 3.05) is 32.8 Å². The van der Waals surface area contributed by atoms with Crippen LogP contribution in [0, 0.1) is 10.1 Å². The molecule has 0 aliphatic carbocycles. The number of carbonyl (C=O) groups is 2. The van der Waals surface area contributed by atoms with Gasteiger partial charge >= 0.3 is 0 Å². The number of carbonyl (C=O) groups excluding carboxylic acids is 2. The largest absolute Gasteiger partial charge is 0.507 e. The van der Waals surface area contributed by atoms with Crippen molar-refractivity contribution in [3.63, 3.8) is 0 Å². The van der Waals surface area contributed by atoms with E-state index in [2.05, 4.69) is 18.7 Å². The monoisotopic (exact) mass is 553 g/mol. The Morgan fingerprint density at radius 3 is 2.33 bits per heavy atom. The molecule has 1 fully saturated rings. The number of phenols is 1. The van der Waals surface area contributed by atoms with E-state index >= 15 is 0 Å². The van der Waals surface area contributed by atoms with E-state index in [9.17, 15) is 29.9 Å². The number of non-ortho nitro benzene ring substituents is 1. The minimum atomic E-state index is -0.959. The molecule has 1 heterocycles. The van der Waals surface area contributed by atoms with E-state index in [1.807, 2.05) is 0 Å². The van der Waals surface area contributed by atoms with Gasteiger partial charge in [0.2, 0.25) is 0 Å². The number of ketones is 1. The van der Waals surface area contributed by atoms with Gasteiger partial charge in [-0.3, -0.25) is 19.7 Å². The first kappa shape index (κ1) is 30.6. The molecular formula is C30H39N3O7. The number of aliphatic hydroxyl groups is 1. The van der Waals surface area contributed by atoms with Gasteiger partial charge in [0.15, 0.2) is 11.5 Å². The Kier molecular flexibility index (Phi) is 11.1. The fraction of sp³-hybridized carbons (Fsp3) is 0.467. The number of unbranched alkanes of at least 4 members (excludes halogenated alkanes) is 2. The van der Waals surface area contributed by atoms with Crippen molar-refractivity contribution in [3.8, 4) is 11.5 Å². The normalized spacial score (nSPS) is 16.6. The van der Waals surface area contributed by atoms with Gasteiger partial charge in [0.1, 0.15) is 5.76 Å². The summed E-state index contributed by atoms with van der Waals surface area (Å²) in [5.41, 5.74) is 0.123. The van der Waals surface area contributed by atoms with Crippen LogP contribution in [0.15, 0.2) is 48.0 Å². The molecule has 1 amide bonds. The van der Waals surface area contributed by atoms with Crippen LogP contribution in [-0.2, 0) is 9.59 Å². The van der Waals surface area contributed by atoms with Crippen molar-refractivity contribution in [2.24, 2.45) is 0 Å². The highest BCUT2D eigenvalue weighted by atomic mass is 16.6. The molecule has 0 unspecified atom stereocenters. The van der Waals surface area contributed by atoms with Crippen LogP contribution in [0.2, 0.25) is 0 Å². The number of nitro benzene ring substituents is 1. The van der Waals surface area contributed by atoms with Crippen molar-refractivity contribution in [3.05, 3.63) is 69.3 Å². The Balaban J connectivity index is 2.02. The lowest BCUT2D eigenvalue weighted by atomic mass is 9.94. The molecule has 0 aromatic heterocycles. The summed E-state index contributed by atoms with van der Waals surface area (Å²) in [6.45, 7) is 9.28. The van der Waals surface area contributed by atoms with Gasteiger partial charge in [0.05, 0.1) is 23.1 Å². The minimum absolute atomic E-state index is 0.0614. The number of nitrogens with zero attached hydrogens (tertiary/aromatic N) is 3. The number of hydrogen-bond donors (Lipinski definition) is 2. The van der Waals surface area contributed by atoms with Crippen molar-refractivity contribution >= 4 is 23.1 Å². The highest BCUT2D eigenvalue weighted by molar-refractivity contribution is 6.46. The van der Waals surface area contributed by atoms with Gasteiger partial charge in [-0.15, -0.1) is 0 Å². The zero-order chi connectivity index (χ0) is 29.2. The Bertz CT molecular complexity index is 1240. The van der Waals surface area contributed by atoms with Crippen LogP contribution in [-0.4, -0.2) is 69.4 Å². The summed E-state index contributed by atoms with van der Waals surface area (Å²) in [5, 5.41) is 32.8. The van der Waals surface area contributed by atoms with Crippen molar-refractivity contribution in [2.45, 2.75) is 58.9 Å². The van der Waals surface area contributed by atoms with Crippen molar-refractivity contribution in [1.29, 1.82) is 0 Å². The number of benzene rings is 2. The van der Waals surface area contributed by atoms with Crippen LogP contribution in [0.4, 0.5) is 5.69 Å². The first-order valence-electron chi connectivity index (χ1n) is 13.9. The molecule has 1 saturated heterocycles. The summed E-state index contributed by atoms with van der Waals surface area (Å²) in [6.07, 6.45) is 4.93. The van der Waals surface area contributed by atoms with Crippen LogP contribution in [0.5, 0.6) is 11.5 Å². The number of nitro groups is 1. The van der Waals surface area contributed by atoms with Crippen molar-refractivity contribution in [1.82, 2.24) is 9.80 Å². The van der Waals surface area contributed by atoms with E-state index in [1.165, 1.54) is 35.2 Å². The molecule has 0 saturated carbocycles. The van der Waals surface area contributed by atoms with Gasteiger partial charge in [-0.05, 0) is 63.5 Å². The van der Waals surface area contributed by atoms with Crippen molar-refractivity contribution < 1.29 is 29.5 Å². The highest BCUT2D eigenvalue weighted by Gasteiger charge is 2.46. The van der Waals surface area contributed by atoms with Crippen LogP contribution in [0.25, 0.3) is 5.76 Å². The number of rotatable bonds is 15. The van der Waals surface area contributed by atoms with Gasteiger partial charge in [-0.25, -0.2) is 0 Å². The van der Waals surface area contributed by atoms with Gasteiger partial charge in [0.25, 0.3) is 17.4 Å². The number of likely N-dealkylation sites (tertiary alicyclic amines) is 1. The second-order valence-corrected chi connectivity index (χ2v) is 9.86. The Morgan fingerprint density at radius 1 is 1.02 bits per heavy atom. The summed E-state index contributed by atoms with van der Waals surface area (Å²) >= 11 is 0. The molecular weight excluding hydrogens is 514 g/mol. The maximum Gasteiger partial charge on any atom is 0.295 e. The number of phenolic OH excluding ortho intramolecular Hbond substituents is 1. The Hall–Kier alpha value is -3.92. The lowest BCUT2D eigenvalue weighted by Crippen LogP contribution is -2.34. The fourth-order valence-corrected chi connectivity index (χ4v) is 4.91. The molecule has 2 aromatic rings. The van der Waals surface area contributed by atoms with E-state index in [0.717, 1.165) is 45.3 Å². The molecule has 0 spiro atoms. The molecule has 1 aliphatic rings. The molecule has 0 radical (unpaired) electrons. The van der Waals surface area contributed by atoms with Gasteiger partial charge < -0.3 is 24.7 Å². The number of hydrogen-bond acceptors (Lipinski definition) is 8. The fourth-order valence-electron chi connectivity index (χ4n) is 4.91. The second-order valence-electron chi connectivity index (χ2n) is 9.86. The average Bonchev–Trinajstić information content (AvgIpc) is 3.20. The average molecular weight is 554 g/mol. The predicted octanol–water partition coefficient (Wildman–Crippen LogP) is 5.41. The van der Waals surface area contributed by atoms with Gasteiger partial charge in [-0.1, -0.05) is 44.9 Å². The SMILES string of the molecule is CCCCN(CCCC)CCCN1C(=O)C(=O)C(=C(O)c2cccc([N+](=O)[O-])c2)[C@@H]1c1ccc(O)c(OCC)c1. The minimum Gasteiger partial charge on any atom is -0.507 e. The molecule has 3 rings (SSSR count). The molecule has 216 valence electrons. The Labute approximate surface area is 235 Å². The maximum absolute atomic E-state index is 13.4. The third-order valence-corrected chi connectivity index (χ3v) is 7.00. The maximum atomic E-state index is 13.4. The summed E-state index contributed by atoms with van der Waals surface area (Å²) < 4.78 is 5.54. The van der Waals surface area contributed by atoms with Gasteiger partial charge in [0, 0.05) is 24.2 Å². The lowest BCUT2D eigenvalue weighted by molar-refractivity contribution is -0.384. The molecule has 40 heavy (non-hydrogen) atoms. The zero-order valence-corrected chi connectivity index (χ0v) is 23.5. The van der Waals surface area contributed by atoms with Gasteiger partial charge in [-0.2, -0.15) is 0 Å². The standard InChI is InChI=1S/C30H39N3O7/c1-4-7-15-31(16-8-5-2)17-10-18-32-27(21-13-14-24(34)25(20-21)40-6-3)26(29(36)30(32)37)28(35)22-11-9-12-23(19-22)33(38)39/h9,11-14,19-20,27,34-35H,4-8,10,15-18H2,1-3H3/t27-/m0/s1. The predicted molar refractivity (Wildman–Crippen MR) is 152 cm³/mol. The van der Waals surface area contributed by atoms with E-state index in [4.69, 9.17) is 4.74 Å². The first-order valence-corrected chi connectivity index (χ1v) is 13.9. The molecule has 1 aliphatic heterocycles. The molecule has 2 N–H and O–H groups in total. The van der Waals surface area contributed by atoms with E-state index in [1.54, 1.807) is 19.1 Å². The number of Topliss-reactive ketones (excluding diaryl/α,β-unsaturated/α-hetero) is 1. The molecule has 0 bridgehead atoms. The van der Waals surface area contributed by atoms with Crippen LogP contribution >= 0.6 is 0 Å². The molecule has 10 nitrogen and oxygen atoms in total. The molecule has 2 aromatic carbocycles. The molecule has 10 heteroatoms. The Morgan fingerprint density at radius 2 is 1.70 bits per heavy atom. The number of amides is 1. The van der Waals surface area contributed by atoms with E-state index in [0.29, 0.717) is 12.0 Å². The summed E-state index contributed by atoms with van der Waals surface area (Å²) in [6, 6.07) is 8.91.